The Morgan fingerprint density at radius 3 is 1.67 bits per heavy atom. The van der Waals surface area contributed by atoms with Crippen molar-refractivity contribution < 1.29 is 0 Å². The molecule has 0 saturated carbocycles. The highest BCUT2D eigenvalue weighted by atomic mass is 28.1. The monoisotopic (exact) mass is 225 g/mol. The summed E-state index contributed by atoms with van der Waals surface area (Å²) in [6.07, 6.45) is 4.48. The molecule has 2 nitrogen and oxygen atoms in total. The van der Waals surface area contributed by atoms with Gasteiger partial charge in [0, 0.05) is 21.3 Å². The second-order valence-corrected chi connectivity index (χ2v) is 6.31. The molecule has 0 saturated heterocycles. The minimum atomic E-state index is 0.110. The lowest BCUT2D eigenvalue weighted by Gasteiger charge is -2.32. The molecule has 0 bridgehead atoms. The van der Waals surface area contributed by atoms with Crippen molar-refractivity contribution >= 4 is 10.2 Å². The molecule has 0 heterocycles. The van der Waals surface area contributed by atoms with Crippen LogP contribution in [0.5, 0.6) is 0 Å². The van der Waals surface area contributed by atoms with Crippen LogP contribution in [0.3, 0.4) is 0 Å². The SMILES string of the molecule is CC(C)(C)NC(C=CC[Si])NC(C)(C)C. The lowest BCUT2D eigenvalue weighted by atomic mass is 10.1. The first-order valence-electron chi connectivity index (χ1n) is 5.51. The summed E-state index contributed by atoms with van der Waals surface area (Å²) in [5, 5.41) is 7.06. The Kier molecular flexibility index (Phi) is 5.78. The Bertz CT molecular complexity index is 183. The number of rotatable bonds is 4. The molecule has 0 aromatic carbocycles. The van der Waals surface area contributed by atoms with Crippen LogP contribution in [0, 0.1) is 0 Å². The number of hydrogen-bond donors (Lipinski definition) is 2. The average Bonchev–Trinajstić information content (AvgIpc) is 1.94. The first kappa shape index (κ1) is 14.9. The van der Waals surface area contributed by atoms with Crippen LogP contribution in [0.2, 0.25) is 6.04 Å². The molecule has 0 aliphatic rings. The third-order valence-corrected chi connectivity index (χ3v) is 1.86. The van der Waals surface area contributed by atoms with Crippen LogP contribution in [0.4, 0.5) is 0 Å². The van der Waals surface area contributed by atoms with E-state index in [0.717, 1.165) is 6.04 Å². The lowest BCUT2D eigenvalue weighted by molar-refractivity contribution is 0.297. The maximum atomic E-state index is 3.53. The molecule has 0 spiro atoms. The number of hydrogen-bond acceptors (Lipinski definition) is 2. The Labute approximate surface area is 98.3 Å². The highest BCUT2D eigenvalue weighted by molar-refractivity contribution is 6.09. The average molecular weight is 225 g/mol. The van der Waals surface area contributed by atoms with Crippen molar-refractivity contribution in [2.75, 3.05) is 0 Å². The summed E-state index contributed by atoms with van der Waals surface area (Å²) in [6, 6.07) is 0.883. The summed E-state index contributed by atoms with van der Waals surface area (Å²) >= 11 is 0. The Morgan fingerprint density at radius 2 is 1.40 bits per heavy atom. The molecule has 87 valence electrons. The molecule has 0 aromatic rings. The number of allylic oxidation sites excluding steroid dienone is 1. The predicted octanol–water partition coefficient (Wildman–Crippen LogP) is 2.23. The van der Waals surface area contributed by atoms with Gasteiger partial charge in [0.1, 0.15) is 0 Å². The van der Waals surface area contributed by atoms with Gasteiger partial charge in [-0.2, -0.15) is 0 Å². The van der Waals surface area contributed by atoms with Gasteiger partial charge in [-0.25, -0.2) is 0 Å². The van der Waals surface area contributed by atoms with Gasteiger partial charge in [-0.15, -0.1) is 0 Å². The van der Waals surface area contributed by atoms with Gasteiger partial charge in [0.25, 0.3) is 0 Å². The Balaban J connectivity index is 4.39. The second kappa shape index (κ2) is 5.82. The molecule has 0 aliphatic carbocycles. The standard InChI is InChI=1S/C12H25N2Si/c1-11(2,3)13-10(8-7-9-15)14-12(4,5)6/h7-8,10,13-14H,9H2,1-6H3. The fraction of sp³-hybridized carbons (Fsp3) is 0.833. The Morgan fingerprint density at radius 1 is 1.00 bits per heavy atom. The van der Waals surface area contributed by atoms with Crippen molar-refractivity contribution in [3.05, 3.63) is 12.2 Å². The minimum Gasteiger partial charge on any atom is -0.294 e. The summed E-state index contributed by atoms with van der Waals surface area (Å²) in [7, 11) is 3.44. The van der Waals surface area contributed by atoms with E-state index in [1.54, 1.807) is 0 Å². The normalized spacial score (nSPS) is 14.1. The molecule has 3 radical (unpaired) electrons. The van der Waals surface area contributed by atoms with Gasteiger partial charge >= 0.3 is 0 Å². The zero-order valence-electron chi connectivity index (χ0n) is 10.9. The smallest absolute Gasteiger partial charge is 0.0771 e. The molecule has 0 unspecified atom stereocenters. The molecule has 0 aromatic heterocycles. The van der Waals surface area contributed by atoms with Gasteiger partial charge in [0.15, 0.2) is 0 Å². The van der Waals surface area contributed by atoms with Crippen molar-refractivity contribution in [1.29, 1.82) is 0 Å². The fourth-order valence-electron chi connectivity index (χ4n) is 1.27. The molecule has 0 fully saturated rings. The Hall–Kier alpha value is -0.123. The van der Waals surface area contributed by atoms with E-state index >= 15 is 0 Å². The van der Waals surface area contributed by atoms with E-state index < -0.39 is 0 Å². The first-order chi connectivity index (χ1) is 6.64. The summed E-state index contributed by atoms with van der Waals surface area (Å²) in [5.41, 5.74) is 0.220. The molecule has 0 amide bonds. The molecule has 0 atom stereocenters. The van der Waals surface area contributed by atoms with E-state index in [0.29, 0.717) is 0 Å². The molecular weight excluding hydrogens is 200 g/mol. The van der Waals surface area contributed by atoms with Gasteiger partial charge in [-0.1, -0.05) is 12.2 Å². The van der Waals surface area contributed by atoms with E-state index in [-0.39, 0.29) is 17.2 Å². The molecule has 15 heavy (non-hydrogen) atoms. The maximum absolute atomic E-state index is 3.53. The van der Waals surface area contributed by atoms with Crippen LogP contribution in [-0.4, -0.2) is 27.5 Å². The maximum Gasteiger partial charge on any atom is 0.0771 e. The van der Waals surface area contributed by atoms with Crippen LogP contribution in [0.25, 0.3) is 0 Å². The van der Waals surface area contributed by atoms with Crippen LogP contribution in [-0.2, 0) is 0 Å². The lowest BCUT2D eigenvalue weighted by Crippen LogP contribution is -2.55. The van der Waals surface area contributed by atoms with Gasteiger partial charge < -0.3 is 0 Å². The zero-order chi connectivity index (χ0) is 12.1. The van der Waals surface area contributed by atoms with Crippen LogP contribution >= 0.6 is 0 Å². The van der Waals surface area contributed by atoms with Gasteiger partial charge in [0.2, 0.25) is 0 Å². The quantitative estimate of drug-likeness (QED) is 0.435. The molecule has 0 aliphatic heterocycles. The van der Waals surface area contributed by atoms with E-state index in [1.165, 1.54) is 0 Å². The van der Waals surface area contributed by atoms with Crippen LogP contribution < -0.4 is 10.6 Å². The summed E-state index contributed by atoms with van der Waals surface area (Å²) in [6.45, 7) is 13.0. The summed E-state index contributed by atoms with van der Waals surface area (Å²) < 4.78 is 0. The first-order valence-corrected chi connectivity index (χ1v) is 6.21. The van der Waals surface area contributed by atoms with Gasteiger partial charge in [-0.05, 0) is 47.6 Å². The van der Waals surface area contributed by atoms with Crippen molar-refractivity contribution in [3.8, 4) is 0 Å². The van der Waals surface area contributed by atoms with Crippen molar-refractivity contribution in [2.45, 2.75) is 64.8 Å². The third kappa shape index (κ3) is 10.2. The summed E-state index contributed by atoms with van der Waals surface area (Å²) in [5.74, 6) is 0. The highest BCUT2D eigenvalue weighted by Crippen LogP contribution is 2.06. The third-order valence-electron chi connectivity index (χ3n) is 1.62. The van der Waals surface area contributed by atoms with Crippen molar-refractivity contribution in [2.24, 2.45) is 0 Å². The second-order valence-electron chi connectivity index (χ2n) is 5.90. The molecule has 0 rings (SSSR count). The fourth-order valence-corrected chi connectivity index (χ4v) is 1.41. The zero-order valence-corrected chi connectivity index (χ0v) is 11.9. The highest BCUT2D eigenvalue weighted by Gasteiger charge is 2.19. The van der Waals surface area contributed by atoms with Crippen LogP contribution in [0.1, 0.15) is 41.5 Å². The van der Waals surface area contributed by atoms with Gasteiger partial charge in [-0.3, -0.25) is 10.6 Å². The molecular formula is C12H25N2Si. The topological polar surface area (TPSA) is 24.1 Å². The minimum absolute atomic E-state index is 0.110. The molecule has 3 heteroatoms. The van der Waals surface area contributed by atoms with Gasteiger partial charge in [0.05, 0.1) is 6.17 Å². The largest absolute Gasteiger partial charge is 0.294 e. The predicted molar refractivity (Wildman–Crippen MR) is 69.3 cm³/mol. The van der Waals surface area contributed by atoms with Crippen LogP contribution in [0.15, 0.2) is 12.2 Å². The van der Waals surface area contributed by atoms with E-state index in [9.17, 15) is 0 Å². The van der Waals surface area contributed by atoms with E-state index in [4.69, 9.17) is 0 Å². The molecule has 2 N–H and O–H groups in total. The van der Waals surface area contributed by atoms with E-state index in [1.807, 2.05) is 0 Å². The van der Waals surface area contributed by atoms with Crippen molar-refractivity contribution in [1.82, 2.24) is 10.6 Å². The van der Waals surface area contributed by atoms with E-state index in [2.05, 4.69) is 74.6 Å². The number of nitrogens with one attached hydrogen (secondary N) is 2. The summed E-state index contributed by atoms with van der Waals surface area (Å²) in [4.78, 5) is 0. The van der Waals surface area contributed by atoms with Crippen molar-refractivity contribution in [3.63, 3.8) is 0 Å².